The van der Waals surface area contributed by atoms with Gasteiger partial charge in [0.1, 0.15) is 5.75 Å². The van der Waals surface area contributed by atoms with Crippen molar-refractivity contribution in [1.29, 1.82) is 0 Å². The van der Waals surface area contributed by atoms with Crippen LogP contribution in [0, 0.1) is 0 Å². The molecule has 1 aromatic carbocycles. The van der Waals surface area contributed by atoms with Gasteiger partial charge in [-0.25, -0.2) is 0 Å². The molecule has 0 heterocycles. The zero-order valence-electron chi connectivity index (χ0n) is 12.6. The number of aryl methyl sites for hydroxylation is 1. The number of alkyl halides is 2. The van der Waals surface area contributed by atoms with Crippen molar-refractivity contribution in [2.45, 2.75) is 57.7 Å². The molecule has 0 aliphatic heterocycles. The van der Waals surface area contributed by atoms with E-state index < -0.39 is 12.7 Å². The molecule has 0 saturated heterocycles. The van der Waals surface area contributed by atoms with Crippen LogP contribution in [0.2, 0.25) is 0 Å². The van der Waals surface area contributed by atoms with Gasteiger partial charge < -0.3 is 15.8 Å². The Balaban J connectivity index is 2.10. The molecular weight excluding hydrogens is 290 g/mol. The summed E-state index contributed by atoms with van der Waals surface area (Å²) in [7, 11) is 0. The molecule has 122 valence electrons. The minimum absolute atomic E-state index is 0.111. The van der Waals surface area contributed by atoms with E-state index >= 15 is 0 Å². The van der Waals surface area contributed by atoms with Crippen LogP contribution in [0.1, 0.15) is 49.8 Å². The molecule has 4 nitrogen and oxygen atoms in total. The molecule has 1 aromatic rings. The van der Waals surface area contributed by atoms with Crippen molar-refractivity contribution >= 4 is 5.91 Å². The van der Waals surface area contributed by atoms with Crippen LogP contribution in [0.15, 0.2) is 18.2 Å². The predicted molar refractivity (Wildman–Crippen MR) is 79.8 cm³/mol. The number of hydrogen-bond acceptors (Lipinski definition) is 3. The van der Waals surface area contributed by atoms with Crippen molar-refractivity contribution in [1.82, 2.24) is 5.32 Å². The predicted octanol–water partition coefficient (Wildman–Crippen LogP) is 2.91. The average Bonchev–Trinajstić information content (AvgIpc) is 2.46. The highest BCUT2D eigenvalue weighted by Crippen LogP contribution is 2.32. The van der Waals surface area contributed by atoms with Gasteiger partial charge in [0.15, 0.2) is 0 Å². The second kappa shape index (κ2) is 7.54. The number of ether oxygens (including phenoxy) is 1. The fourth-order valence-electron chi connectivity index (χ4n) is 2.84. The molecule has 6 heteroatoms. The van der Waals surface area contributed by atoms with Gasteiger partial charge in [0.2, 0.25) is 5.91 Å². The van der Waals surface area contributed by atoms with Crippen LogP contribution in [-0.4, -0.2) is 18.6 Å². The molecule has 0 fully saturated rings. The number of nitrogens with two attached hydrogens (primary N) is 1. The number of benzene rings is 1. The highest BCUT2D eigenvalue weighted by atomic mass is 19.3. The third-order valence-electron chi connectivity index (χ3n) is 3.91. The second-order valence-electron chi connectivity index (χ2n) is 5.59. The normalized spacial score (nSPS) is 18.7. The zero-order chi connectivity index (χ0) is 16.1. The highest BCUT2D eigenvalue weighted by Gasteiger charge is 2.24. The lowest BCUT2D eigenvalue weighted by atomic mass is 9.87. The summed E-state index contributed by atoms with van der Waals surface area (Å²) in [6, 6.07) is 4.28. The average molecular weight is 312 g/mol. The summed E-state index contributed by atoms with van der Waals surface area (Å²) in [5.74, 6) is -0.00369. The lowest BCUT2D eigenvalue weighted by Gasteiger charge is -2.28. The Kier molecular flexibility index (Phi) is 5.71. The number of carbonyl (C=O) groups is 1. The van der Waals surface area contributed by atoms with Crippen molar-refractivity contribution in [2.75, 3.05) is 0 Å². The molecule has 3 N–H and O–H groups in total. The van der Waals surface area contributed by atoms with Gasteiger partial charge >= 0.3 is 6.61 Å². The van der Waals surface area contributed by atoms with Gasteiger partial charge in [-0.1, -0.05) is 19.4 Å². The Labute approximate surface area is 129 Å². The number of halogens is 2. The summed E-state index contributed by atoms with van der Waals surface area (Å²) in [4.78, 5) is 12.1. The Morgan fingerprint density at radius 1 is 1.50 bits per heavy atom. The van der Waals surface area contributed by atoms with Crippen LogP contribution >= 0.6 is 0 Å². The number of amides is 1. The van der Waals surface area contributed by atoms with Gasteiger partial charge in [-0.3, -0.25) is 4.79 Å². The molecule has 1 aliphatic carbocycles. The maximum atomic E-state index is 12.3. The number of carbonyl (C=O) groups excluding carboxylic acids is 1. The van der Waals surface area contributed by atoms with Crippen molar-refractivity contribution in [2.24, 2.45) is 5.73 Å². The van der Waals surface area contributed by atoms with Crippen LogP contribution in [0.5, 0.6) is 5.75 Å². The van der Waals surface area contributed by atoms with E-state index in [1.807, 2.05) is 6.92 Å². The van der Waals surface area contributed by atoms with E-state index in [4.69, 9.17) is 5.73 Å². The van der Waals surface area contributed by atoms with Crippen LogP contribution in [-0.2, 0) is 11.2 Å². The van der Waals surface area contributed by atoms with Crippen molar-refractivity contribution in [3.8, 4) is 5.75 Å². The molecule has 0 aromatic heterocycles. The van der Waals surface area contributed by atoms with Gasteiger partial charge in [-0.15, -0.1) is 0 Å². The fraction of sp³-hybridized carbons (Fsp3) is 0.562. The topological polar surface area (TPSA) is 64.4 Å². The second-order valence-corrected chi connectivity index (χ2v) is 5.59. The first kappa shape index (κ1) is 16.7. The van der Waals surface area contributed by atoms with Crippen molar-refractivity contribution < 1.29 is 18.3 Å². The monoisotopic (exact) mass is 312 g/mol. The van der Waals surface area contributed by atoms with E-state index in [0.717, 1.165) is 36.8 Å². The van der Waals surface area contributed by atoms with Gasteiger partial charge in [0.25, 0.3) is 0 Å². The molecule has 1 aliphatic rings. The lowest BCUT2D eigenvalue weighted by molar-refractivity contribution is -0.123. The molecule has 2 unspecified atom stereocenters. The lowest BCUT2D eigenvalue weighted by Crippen LogP contribution is -2.42. The van der Waals surface area contributed by atoms with Crippen LogP contribution in [0.25, 0.3) is 0 Å². The first-order valence-electron chi connectivity index (χ1n) is 7.64. The molecule has 2 atom stereocenters. The Morgan fingerprint density at radius 3 is 2.95 bits per heavy atom. The van der Waals surface area contributed by atoms with E-state index in [9.17, 15) is 13.6 Å². The smallest absolute Gasteiger partial charge is 0.387 e. The molecule has 22 heavy (non-hydrogen) atoms. The highest BCUT2D eigenvalue weighted by molar-refractivity contribution is 5.82. The number of fused-ring (bicyclic) bond motifs is 1. The first-order chi connectivity index (χ1) is 10.5. The van der Waals surface area contributed by atoms with Crippen LogP contribution in [0.4, 0.5) is 8.78 Å². The fourth-order valence-corrected chi connectivity index (χ4v) is 2.84. The van der Waals surface area contributed by atoms with Gasteiger partial charge in [-0.05, 0) is 48.9 Å². The minimum Gasteiger partial charge on any atom is -0.435 e. The third-order valence-corrected chi connectivity index (χ3v) is 3.91. The maximum Gasteiger partial charge on any atom is 0.387 e. The molecule has 0 radical (unpaired) electrons. The van der Waals surface area contributed by atoms with Crippen molar-refractivity contribution in [3.63, 3.8) is 0 Å². The molecular formula is C16H22F2N2O2. The van der Waals surface area contributed by atoms with Crippen LogP contribution < -0.4 is 15.8 Å². The first-order valence-corrected chi connectivity index (χ1v) is 7.64. The number of nitrogens with one attached hydrogen (secondary N) is 1. The molecule has 1 amide bonds. The standard InChI is InChI=1S/C16H22F2N2O2/c1-2-4-13(19)15(21)20-14-6-3-5-10-9-11(22-16(17)18)7-8-12(10)14/h7-9,13-14,16H,2-6,19H2,1H3,(H,20,21). The Morgan fingerprint density at radius 2 is 2.27 bits per heavy atom. The van der Waals surface area contributed by atoms with Gasteiger partial charge in [0, 0.05) is 0 Å². The summed E-state index contributed by atoms with van der Waals surface area (Å²) in [5.41, 5.74) is 7.73. The zero-order valence-corrected chi connectivity index (χ0v) is 12.6. The van der Waals surface area contributed by atoms with Gasteiger partial charge in [0.05, 0.1) is 12.1 Å². The van der Waals surface area contributed by atoms with E-state index in [0.29, 0.717) is 6.42 Å². The SMILES string of the molecule is CCCC(N)C(=O)NC1CCCc2cc(OC(F)F)ccc21. The third kappa shape index (κ3) is 4.16. The summed E-state index contributed by atoms with van der Waals surface area (Å²) in [6.45, 7) is -0.850. The minimum atomic E-state index is -2.83. The largest absolute Gasteiger partial charge is 0.435 e. The van der Waals surface area contributed by atoms with Crippen molar-refractivity contribution in [3.05, 3.63) is 29.3 Å². The molecule has 0 bridgehead atoms. The number of hydrogen-bond donors (Lipinski definition) is 2. The molecule has 0 saturated carbocycles. The van der Waals surface area contributed by atoms with E-state index in [2.05, 4.69) is 10.1 Å². The van der Waals surface area contributed by atoms with Crippen LogP contribution in [0.3, 0.4) is 0 Å². The van der Waals surface area contributed by atoms with E-state index in [-0.39, 0.29) is 17.7 Å². The maximum absolute atomic E-state index is 12.3. The summed E-state index contributed by atoms with van der Waals surface area (Å²) < 4.78 is 29.0. The number of rotatable bonds is 6. The van der Waals surface area contributed by atoms with E-state index in [1.165, 1.54) is 6.07 Å². The van der Waals surface area contributed by atoms with E-state index in [1.54, 1.807) is 12.1 Å². The summed E-state index contributed by atoms with van der Waals surface area (Å²) >= 11 is 0. The summed E-state index contributed by atoms with van der Waals surface area (Å²) in [5, 5.41) is 2.97. The van der Waals surface area contributed by atoms with Gasteiger partial charge in [-0.2, -0.15) is 8.78 Å². The molecule has 0 spiro atoms. The summed E-state index contributed by atoms with van der Waals surface area (Å²) in [6.07, 6.45) is 4.01. The Hall–Kier alpha value is -1.69. The quantitative estimate of drug-likeness (QED) is 0.849. The Bertz CT molecular complexity index is 523. The molecule has 2 rings (SSSR count).